The zero-order chi connectivity index (χ0) is 28.0. The van der Waals surface area contributed by atoms with Gasteiger partial charge in [-0.2, -0.15) is 0 Å². The van der Waals surface area contributed by atoms with Gasteiger partial charge in [0.2, 0.25) is 0 Å². The summed E-state index contributed by atoms with van der Waals surface area (Å²) in [5.74, 6) is 1.84. The van der Waals surface area contributed by atoms with E-state index in [4.69, 9.17) is 0 Å². The maximum Gasteiger partial charge on any atom is 0.133 e. The predicted octanol–water partition coefficient (Wildman–Crippen LogP) is 9.47. The van der Waals surface area contributed by atoms with Gasteiger partial charge in [0.15, 0.2) is 0 Å². The molecule has 0 amide bonds. The second-order valence-corrected chi connectivity index (χ2v) is 11.5. The molecule has 0 aliphatic rings. The molecule has 0 unspecified atom stereocenters. The Morgan fingerprint density at radius 3 is 0.853 bits per heavy atom. The van der Waals surface area contributed by atoms with E-state index >= 15 is 0 Å². The van der Waals surface area contributed by atoms with Gasteiger partial charge in [0.05, 0.1) is 0 Å². The van der Waals surface area contributed by atoms with E-state index in [1.807, 2.05) is 66.1 Å². The Bertz CT molecular complexity index is 648. The van der Waals surface area contributed by atoms with Crippen LogP contribution < -0.4 is 0 Å². The summed E-state index contributed by atoms with van der Waals surface area (Å²) in [5.41, 5.74) is 2.48. The number of hydrogen-bond acceptors (Lipinski definition) is 4. The Kier molecular flexibility index (Phi) is 17.2. The van der Waals surface area contributed by atoms with E-state index in [9.17, 15) is 0 Å². The molecule has 2 rings (SSSR count). The van der Waals surface area contributed by atoms with Gasteiger partial charge in [0.1, 0.15) is 11.6 Å². The standard InChI is InChI=1S/2C12H20N2.3C2H6.H2/c2*1-11(2,3)9-7-8-13-10(14-9)12(4,5)6;3*1-2;/h2*7-8H,1-6H3;3*1-2H3;1H/i;;;;;1+1. The van der Waals surface area contributed by atoms with Crippen molar-refractivity contribution in [3.05, 3.63) is 47.6 Å². The Hall–Kier alpha value is -1.84. The van der Waals surface area contributed by atoms with E-state index in [0.717, 1.165) is 23.0 Å². The SMILES string of the molecule is CC.CC.CC.CC(C)(C)c1ccnc(C(C)(C)C)n1.CC(C)(C)c1ccnc(C(C)(C)C)n1.[2HH]. The van der Waals surface area contributed by atoms with E-state index in [1.54, 1.807) is 0 Å². The zero-order valence-electron chi connectivity index (χ0n) is 26.1. The smallest absolute Gasteiger partial charge is 0.133 e. The molecule has 34 heavy (non-hydrogen) atoms. The molecule has 0 bridgehead atoms. The van der Waals surface area contributed by atoms with Gasteiger partial charge in [-0.05, 0) is 12.1 Å². The third-order valence-corrected chi connectivity index (χ3v) is 4.19. The molecule has 0 spiro atoms. The van der Waals surface area contributed by atoms with Crippen LogP contribution in [-0.2, 0) is 21.7 Å². The number of rotatable bonds is 0. The van der Waals surface area contributed by atoms with Crippen LogP contribution in [0.15, 0.2) is 24.5 Å². The monoisotopic (exact) mass is 477 g/mol. The number of nitrogens with zero attached hydrogens (tertiary/aromatic N) is 4. The Morgan fingerprint density at radius 1 is 0.441 bits per heavy atom. The van der Waals surface area contributed by atoms with Crippen LogP contribution in [0.25, 0.3) is 0 Å². The van der Waals surface area contributed by atoms with Crippen molar-refractivity contribution in [2.24, 2.45) is 0 Å². The zero-order valence-corrected chi connectivity index (χ0v) is 26.1. The fraction of sp³-hybridized carbons (Fsp3) is 0.733. The van der Waals surface area contributed by atoms with Crippen molar-refractivity contribution in [1.29, 1.82) is 0 Å². The highest BCUT2D eigenvalue weighted by Crippen LogP contribution is 2.24. The fourth-order valence-electron chi connectivity index (χ4n) is 2.28. The second kappa shape index (κ2) is 15.9. The minimum Gasteiger partial charge on any atom is -0.241 e. The molecule has 2 heterocycles. The third-order valence-electron chi connectivity index (χ3n) is 4.19. The summed E-state index contributed by atoms with van der Waals surface area (Å²) in [4.78, 5) is 17.8. The Morgan fingerprint density at radius 2 is 0.676 bits per heavy atom. The van der Waals surface area contributed by atoms with Crippen LogP contribution in [0.2, 0.25) is 0 Å². The van der Waals surface area contributed by atoms with Crippen molar-refractivity contribution in [2.45, 2.75) is 146 Å². The van der Waals surface area contributed by atoms with Crippen LogP contribution in [0.3, 0.4) is 0 Å². The summed E-state index contributed by atoms with van der Waals surface area (Å²) >= 11 is 0. The first-order valence-corrected chi connectivity index (χ1v) is 13.1. The lowest BCUT2D eigenvalue weighted by molar-refractivity contribution is 0.513. The maximum atomic E-state index is 4.60. The summed E-state index contributed by atoms with van der Waals surface area (Å²) in [6.45, 7) is 37.8. The number of aromatic nitrogens is 4. The van der Waals surface area contributed by atoms with Crippen LogP contribution >= 0.6 is 0 Å². The summed E-state index contributed by atoms with van der Waals surface area (Å²) in [7, 11) is 0. The molecule has 0 saturated heterocycles. The highest BCUT2D eigenvalue weighted by atomic mass is 14.9. The molecule has 0 N–H and O–H groups in total. The summed E-state index contributed by atoms with van der Waals surface area (Å²) < 4.78 is 0. The summed E-state index contributed by atoms with van der Waals surface area (Å²) in [5, 5.41) is 0. The van der Waals surface area contributed by atoms with Crippen molar-refractivity contribution in [1.82, 2.24) is 19.9 Å². The van der Waals surface area contributed by atoms with Gasteiger partial charge in [-0.3, -0.25) is 0 Å². The molecular formula is C30H60N4. The minimum absolute atomic E-state index is 0. The van der Waals surface area contributed by atoms with Gasteiger partial charge in [-0.25, -0.2) is 19.9 Å². The highest BCUT2D eigenvalue weighted by molar-refractivity contribution is 5.16. The topological polar surface area (TPSA) is 51.6 Å². The van der Waals surface area contributed by atoms with Gasteiger partial charge in [-0.1, -0.05) is 125 Å². The number of hydrogen-bond donors (Lipinski definition) is 0. The molecule has 200 valence electrons. The van der Waals surface area contributed by atoms with E-state index < -0.39 is 0 Å². The summed E-state index contributed by atoms with van der Waals surface area (Å²) in [6, 6.07) is 3.99. The third kappa shape index (κ3) is 14.4. The predicted molar refractivity (Wildman–Crippen MR) is 155 cm³/mol. The van der Waals surface area contributed by atoms with Crippen LogP contribution in [-0.4, -0.2) is 19.9 Å². The Balaban J connectivity index is -0.000000221. The minimum atomic E-state index is 0. The van der Waals surface area contributed by atoms with Crippen molar-refractivity contribution in [3.63, 3.8) is 0 Å². The fourth-order valence-corrected chi connectivity index (χ4v) is 2.28. The van der Waals surface area contributed by atoms with Crippen LogP contribution in [0.1, 0.15) is 149 Å². The molecule has 0 aliphatic carbocycles. The van der Waals surface area contributed by atoms with Gasteiger partial charge >= 0.3 is 0 Å². The molecule has 2 aromatic heterocycles. The lowest BCUT2D eigenvalue weighted by atomic mass is 9.90. The van der Waals surface area contributed by atoms with E-state index in [-0.39, 0.29) is 23.1 Å². The van der Waals surface area contributed by atoms with Crippen molar-refractivity contribution >= 4 is 0 Å². The van der Waals surface area contributed by atoms with Crippen LogP contribution in [0, 0.1) is 0 Å². The molecule has 2 aromatic rings. The van der Waals surface area contributed by atoms with Gasteiger partial charge in [0.25, 0.3) is 0 Å². The first kappa shape index (κ1) is 36.7. The largest absolute Gasteiger partial charge is 0.241 e. The molecule has 0 aliphatic heterocycles. The molecule has 0 saturated carbocycles. The molecular weight excluding hydrogens is 416 g/mol. The lowest BCUT2D eigenvalue weighted by Crippen LogP contribution is -2.21. The highest BCUT2D eigenvalue weighted by Gasteiger charge is 2.22. The van der Waals surface area contributed by atoms with Gasteiger partial charge in [-0.15, -0.1) is 0 Å². The van der Waals surface area contributed by atoms with Gasteiger partial charge < -0.3 is 0 Å². The quantitative estimate of drug-likeness (QED) is 0.379. The van der Waals surface area contributed by atoms with Crippen LogP contribution in [0.5, 0.6) is 0 Å². The average Bonchev–Trinajstić information content (AvgIpc) is 2.76. The van der Waals surface area contributed by atoms with E-state index in [0.29, 0.717) is 0 Å². The van der Waals surface area contributed by atoms with E-state index in [1.165, 1.54) is 0 Å². The van der Waals surface area contributed by atoms with Crippen molar-refractivity contribution in [2.75, 3.05) is 0 Å². The second-order valence-electron chi connectivity index (χ2n) is 11.5. The maximum absolute atomic E-state index is 4.60. The Labute approximate surface area is 215 Å². The molecule has 0 aromatic carbocycles. The van der Waals surface area contributed by atoms with E-state index in [2.05, 4.69) is 103 Å². The molecule has 4 nitrogen and oxygen atoms in total. The first-order valence-electron chi connectivity index (χ1n) is 13.1. The molecule has 0 atom stereocenters. The van der Waals surface area contributed by atoms with Gasteiger partial charge in [0, 0.05) is 46.9 Å². The van der Waals surface area contributed by atoms with Crippen molar-refractivity contribution < 1.29 is 1.43 Å². The molecule has 0 fully saturated rings. The van der Waals surface area contributed by atoms with Crippen LogP contribution in [0.4, 0.5) is 0 Å². The molecule has 0 radical (unpaired) electrons. The normalized spacial score (nSPS) is 11.2. The summed E-state index contributed by atoms with van der Waals surface area (Å²) in [6.07, 6.45) is 3.71. The first-order chi connectivity index (χ1) is 15.4. The average molecular weight is 478 g/mol. The molecule has 4 heteroatoms. The lowest BCUT2D eigenvalue weighted by Gasteiger charge is -2.22. The van der Waals surface area contributed by atoms with Crippen molar-refractivity contribution in [3.8, 4) is 0 Å².